The summed E-state index contributed by atoms with van der Waals surface area (Å²) in [5.41, 5.74) is -4.47. The Kier molecular flexibility index (Phi) is 7.95. The van der Waals surface area contributed by atoms with Gasteiger partial charge in [-0.05, 0) is 20.3 Å². The fraction of sp³-hybridized carbons (Fsp3) is 0.412. The normalized spacial score (nSPS) is 12.2. The van der Waals surface area contributed by atoms with E-state index in [-0.39, 0.29) is 13.2 Å². The van der Waals surface area contributed by atoms with Crippen LogP contribution in [-0.4, -0.2) is 35.4 Å². The molecule has 10 heteroatoms. The van der Waals surface area contributed by atoms with Crippen molar-refractivity contribution in [3.63, 3.8) is 0 Å². The number of hydrogen-bond acceptors (Lipinski definition) is 6. The van der Waals surface area contributed by atoms with Crippen LogP contribution in [0.25, 0.3) is 5.76 Å². The first-order valence-corrected chi connectivity index (χ1v) is 8.10. The van der Waals surface area contributed by atoms with Crippen molar-refractivity contribution in [2.45, 2.75) is 33.6 Å². The SMILES string of the molecule is CCCCOC(=O)C(C=NCC)=C(O)c1c(F)c(C)c(F)c(F)c1[N+](=O)[O-]. The number of aliphatic hydroxyl groups is 1. The molecule has 0 fully saturated rings. The van der Waals surface area contributed by atoms with Crippen molar-refractivity contribution in [1.29, 1.82) is 0 Å². The minimum absolute atomic E-state index is 0.0204. The first kappa shape index (κ1) is 22.1. The Morgan fingerprint density at radius 2 is 1.89 bits per heavy atom. The molecule has 0 amide bonds. The number of esters is 1. The second kappa shape index (κ2) is 9.70. The topological polar surface area (TPSA) is 102 Å². The van der Waals surface area contributed by atoms with Gasteiger partial charge in [0.25, 0.3) is 0 Å². The van der Waals surface area contributed by atoms with Gasteiger partial charge in [0.2, 0.25) is 5.82 Å². The lowest BCUT2D eigenvalue weighted by atomic mass is 10.0. The van der Waals surface area contributed by atoms with Gasteiger partial charge in [0.05, 0.1) is 11.5 Å². The van der Waals surface area contributed by atoms with E-state index in [9.17, 15) is 33.2 Å². The van der Waals surface area contributed by atoms with Crippen LogP contribution in [0.5, 0.6) is 0 Å². The second-order valence-corrected chi connectivity index (χ2v) is 5.43. The van der Waals surface area contributed by atoms with Gasteiger partial charge in [0.15, 0.2) is 5.82 Å². The maximum Gasteiger partial charge on any atom is 0.343 e. The Morgan fingerprint density at radius 1 is 1.26 bits per heavy atom. The number of aliphatic hydroxyl groups excluding tert-OH is 1. The summed E-state index contributed by atoms with van der Waals surface area (Å²) in [6.07, 6.45) is 2.04. The number of unbranched alkanes of at least 4 members (excludes halogenated alkanes) is 1. The summed E-state index contributed by atoms with van der Waals surface area (Å²) < 4.78 is 47.1. The van der Waals surface area contributed by atoms with E-state index in [0.29, 0.717) is 12.8 Å². The summed E-state index contributed by atoms with van der Waals surface area (Å²) in [7, 11) is 0. The molecule has 7 nitrogen and oxygen atoms in total. The van der Waals surface area contributed by atoms with Crippen molar-refractivity contribution in [3.05, 3.63) is 44.3 Å². The molecule has 0 radical (unpaired) electrons. The number of benzene rings is 1. The molecule has 0 atom stereocenters. The molecule has 0 aliphatic rings. The highest BCUT2D eigenvalue weighted by atomic mass is 19.2. The highest BCUT2D eigenvalue weighted by molar-refractivity contribution is 6.15. The minimum atomic E-state index is -1.95. The lowest BCUT2D eigenvalue weighted by molar-refractivity contribution is -0.388. The van der Waals surface area contributed by atoms with Gasteiger partial charge in [-0.2, -0.15) is 4.39 Å². The maximum absolute atomic E-state index is 14.5. The van der Waals surface area contributed by atoms with Crippen molar-refractivity contribution in [1.82, 2.24) is 0 Å². The molecular formula is C17H19F3N2O5. The van der Waals surface area contributed by atoms with Crippen LogP contribution in [0, 0.1) is 34.5 Å². The van der Waals surface area contributed by atoms with Gasteiger partial charge in [-0.3, -0.25) is 15.1 Å². The van der Waals surface area contributed by atoms with Crippen LogP contribution < -0.4 is 0 Å². The number of hydrogen-bond donors (Lipinski definition) is 1. The Balaban J connectivity index is 3.72. The maximum atomic E-state index is 14.5. The average molecular weight is 388 g/mol. The zero-order valence-electron chi connectivity index (χ0n) is 15.0. The Hall–Kier alpha value is -2.91. The number of rotatable bonds is 8. The largest absolute Gasteiger partial charge is 0.506 e. The third-order valence-electron chi connectivity index (χ3n) is 3.54. The third-order valence-corrected chi connectivity index (χ3v) is 3.54. The van der Waals surface area contributed by atoms with Crippen LogP contribution in [0.2, 0.25) is 0 Å². The van der Waals surface area contributed by atoms with E-state index in [0.717, 1.165) is 13.1 Å². The standard InChI is InChI=1S/C17H19F3N2O5/c1-4-6-7-27-17(24)10(8-21-5-2)16(23)11-12(18)9(3)13(19)14(20)15(11)22(25)26/h8,23H,4-7H2,1-3H3. The molecule has 0 heterocycles. The molecule has 148 valence electrons. The number of carbonyl (C=O) groups is 1. The highest BCUT2D eigenvalue weighted by Gasteiger charge is 2.35. The van der Waals surface area contributed by atoms with E-state index < -0.39 is 56.5 Å². The summed E-state index contributed by atoms with van der Waals surface area (Å²) in [6.45, 7) is 4.42. The number of halogens is 3. The van der Waals surface area contributed by atoms with E-state index in [1.807, 2.05) is 6.92 Å². The Morgan fingerprint density at radius 3 is 2.41 bits per heavy atom. The number of nitro groups is 1. The van der Waals surface area contributed by atoms with Crippen molar-refractivity contribution < 1.29 is 32.7 Å². The zero-order chi connectivity index (χ0) is 20.7. The van der Waals surface area contributed by atoms with E-state index >= 15 is 0 Å². The molecule has 1 N–H and O–H groups in total. The summed E-state index contributed by atoms with van der Waals surface area (Å²) in [5, 5.41) is 21.5. The van der Waals surface area contributed by atoms with E-state index in [1.165, 1.54) is 0 Å². The van der Waals surface area contributed by atoms with Crippen LogP contribution in [0.3, 0.4) is 0 Å². The van der Waals surface area contributed by atoms with Crippen LogP contribution in [0.15, 0.2) is 10.6 Å². The zero-order valence-corrected chi connectivity index (χ0v) is 15.0. The lowest BCUT2D eigenvalue weighted by Crippen LogP contribution is -2.15. The highest BCUT2D eigenvalue weighted by Crippen LogP contribution is 2.35. The molecule has 1 aromatic rings. The lowest BCUT2D eigenvalue weighted by Gasteiger charge is -2.11. The predicted octanol–water partition coefficient (Wildman–Crippen LogP) is 4.02. The average Bonchev–Trinajstić information content (AvgIpc) is 2.62. The van der Waals surface area contributed by atoms with Gasteiger partial charge >= 0.3 is 11.7 Å². The number of aliphatic imine (C=N–C) groups is 1. The molecule has 0 saturated carbocycles. The van der Waals surface area contributed by atoms with Gasteiger partial charge in [-0.15, -0.1) is 0 Å². The van der Waals surface area contributed by atoms with E-state index in [2.05, 4.69) is 4.99 Å². The van der Waals surface area contributed by atoms with E-state index in [1.54, 1.807) is 6.92 Å². The monoisotopic (exact) mass is 388 g/mol. The second-order valence-electron chi connectivity index (χ2n) is 5.43. The van der Waals surface area contributed by atoms with Crippen LogP contribution in [-0.2, 0) is 9.53 Å². The predicted molar refractivity (Wildman–Crippen MR) is 92.2 cm³/mol. The smallest absolute Gasteiger partial charge is 0.343 e. The van der Waals surface area contributed by atoms with Gasteiger partial charge < -0.3 is 9.84 Å². The fourth-order valence-corrected chi connectivity index (χ4v) is 2.07. The molecule has 1 aromatic carbocycles. The molecule has 0 aliphatic heterocycles. The molecule has 0 unspecified atom stereocenters. The number of nitrogens with zero attached hydrogens (tertiary/aromatic N) is 2. The summed E-state index contributed by atoms with van der Waals surface area (Å²) >= 11 is 0. The van der Waals surface area contributed by atoms with E-state index in [4.69, 9.17) is 4.74 Å². The number of nitro benzene ring substituents is 1. The van der Waals surface area contributed by atoms with Gasteiger partial charge in [-0.25, -0.2) is 13.6 Å². The van der Waals surface area contributed by atoms with Gasteiger partial charge in [-0.1, -0.05) is 13.3 Å². The molecule has 0 aliphatic carbocycles. The first-order valence-electron chi connectivity index (χ1n) is 8.10. The first-order chi connectivity index (χ1) is 12.7. The Bertz CT molecular complexity index is 806. The molecule has 0 saturated heterocycles. The molecular weight excluding hydrogens is 369 g/mol. The number of ether oxygens (including phenoxy) is 1. The fourth-order valence-electron chi connectivity index (χ4n) is 2.07. The van der Waals surface area contributed by atoms with Crippen LogP contribution in [0.1, 0.15) is 37.8 Å². The van der Waals surface area contributed by atoms with Crippen molar-refractivity contribution >= 4 is 23.6 Å². The third kappa shape index (κ3) is 4.83. The summed E-state index contributed by atoms with van der Waals surface area (Å²) in [5.74, 6) is -7.67. The van der Waals surface area contributed by atoms with Crippen molar-refractivity contribution in [2.24, 2.45) is 4.99 Å². The molecule has 0 bridgehead atoms. The number of carbonyl (C=O) groups excluding carboxylic acids is 1. The molecule has 0 aromatic heterocycles. The van der Waals surface area contributed by atoms with Gasteiger partial charge in [0.1, 0.15) is 22.7 Å². The summed E-state index contributed by atoms with van der Waals surface area (Å²) in [6, 6.07) is 0. The molecule has 1 rings (SSSR count). The van der Waals surface area contributed by atoms with Gasteiger partial charge in [0, 0.05) is 18.3 Å². The molecule has 0 spiro atoms. The molecule has 27 heavy (non-hydrogen) atoms. The summed E-state index contributed by atoms with van der Waals surface area (Å²) in [4.78, 5) is 25.7. The van der Waals surface area contributed by atoms with Crippen LogP contribution >= 0.6 is 0 Å². The van der Waals surface area contributed by atoms with Crippen molar-refractivity contribution in [2.75, 3.05) is 13.2 Å². The quantitative estimate of drug-likeness (QED) is 0.106. The Labute approximate surface area is 153 Å². The minimum Gasteiger partial charge on any atom is -0.506 e. The van der Waals surface area contributed by atoms with Crippen LogP contribution in [0.4, 0.5) is 18.9 Å². The van der Waals surface area contributed by atoms with Crippen molar-refractivity contribution in [3.8, 4) is 0 Å².